The average molecular weight is 397 g/mol. The van der Waals surface area contributed by atoms with E-state index in [-0.39, 0.29) is 18.3 Å². The van der Waals surface area contributed by atoms with Crippen molar-refractivity contribution in [2.24, 2.45) is 5.73 Å². The largest absolute Gasteiger partial charge is 0.497 e. The Labute approximate surface area is 169 Å². The number of amides is 1. The van der Waals surface area contributed by atoms with Crippen LogP contribution in [0.4, 0.5) is 0 Å². The van der Waals surface area contributed by atoms with Crippen LogP contribution in [0.15, 0.2) is 42.5 Å². The van der Waals surface area contributed by atoms with E-state index in [2.05, 4.69) is 16.4 Å². The number of rotatable bonds is 5. The second-order valence-electron chi connectivity index (χ2n) is 6.93. The fourth-order valence-electron chi connectivity index (χ4n) is 3.19. The number of carbonyl (C=O) groups is 1. The van der Waals surface area contributed by atoms with Gasteiger partial charge in [-0.05, 0) is 42.2 Å². The van der Waals surface area contributed by atoms with Crippen LogP contribution >= 0.6 is 12.4 Å². The SMILES string of the molecule is COc1ccc2[nH]c(C#N)c(-c3ccc(CNC(=O)C4(N)CC4)cc3)c2c1.Cl. The molecule has 1 fully saturated rings. The number of nitrogens with one attached hydrogen (secondary N) is 2. The number of fused-ring (bicyclic) bond motifs is 1. The van der Waals surface area contributed by atoms with Crippen molar-refractivity contribution in [2.45, 2.75) is 24.9 Å². The number of nitrogens with zero attached hydrogens (tertiary/aromatic N) is 1. The van der Waals surface area contributed by atoms with Crippen LogP contribution in [0.3, 0.4) is 0 Å². The number of carbonyl (C=O) groups excluding carboxylic acids is 1. The van der Waals surface area contributed by atoms with Gasteiger partial charge in [-0.2, -0.15) is 5.26 Å². The molecule has 0 spiro atoms. The first-order valence-corrected chi connectivity index (χ1v) is 8.80. The lowest BCUT2D eigenvalue weighted by molar-refractivity contribution is -0.123. The summed E-state index contributed by atoms with van der Waals surface area (Å²) >= 11 is 0. The standard InChI is InChI=1S/C21H20N4O2.ClH/c1-27-15-6-7-17-16(10-15)19(18(11-22)25-17)14-4-2-13(3-5-14)12-24-20(26)21(23)8-9-21;/h2-7,10,25H,8-9,12,23H2,1H3,(H,24,26);1H. The first kappa shape index (κ1) is 19.7. The summed E-state index contributed by atoms with van der Waals surface area (Å²) in [6.07, 6.45) is 1.50. The predicted molar refractivity (Wildman–Crippen MR) is 110 cm³/mol. The number of H-pyrrole nitrogens is 1. The molecule has 2 aromatic carbocycles. The Balaban J connectivity index is 0.00000225. The van der Waals surface area contributed by atoms with E-state index >= 15 is 0 Å². The first-order chi connectivity index (χ1) is 13.0. The van der Waals surface area contributed by atoms with Crippen molar-refractivity contribution in [2.75, 3.05) is 7.11 Å². The van der Waals surface area contributed by atoms with E-state index in [4.69, 9.17) is 10.5 Å². The Morgan fingerprint density at radius 2 is 2.00 bits per heavy atom. The third-order valence-electron chi connectivity index (χ3n) is 5.05. The highest BCUT2D eigenvalue weighted by Gasteiger charge is 2.45. The van der Waals surface area contributed by atoms with Crippen molar-refractivity contribution in [3.05, 3.63) is 53.7 Å². The minimum Gasteiger partial charge on any atom is -0.497 e. The Hall–Kier alpha value is -3.01. The highest BCUT2D eigenvalue weighted by molar-refractivity contribution is 5.99. The molecule has 1 heterocycles. The van der Waals surface area contributed by atoms with E-state index in [1.807, 2.05) is 42.5 Å². The molecule has 1 aliphatic carbocycles. The summed E-state index contributed by atoms with van der Waals surface area (Å²) in [6.45, 7) is 0.435. The Kier molecular flexibility index (Phi) is 5.32. The van der Waals surface area contributed by atoms with E-state index < -0.39 is 5.54 Å². The molecule has 6 nitrogen and oxygen atoms in total. The van der Waals surface area contributed by atoms with Gasteiger partial charge >= 0.3 is 0 Å². The highest BCUT2D eigenvalue weighted by atomic mass is 35.5. The number of ether oxygens (including phenoxy) is 1. The van der Waals surface area contributed by atoms with Gasteiger partial charge in [0.2, 0.25) is 5.91 Å². The van der Waals surface area contributed by atoms with Crippen molar-refractivity contribution in [3.63, 3.8) is 0 Å². The molecule has 0 unspecified atom stereocenters. The normalized spacial score (nSPS) is 14.0. The summed E-state index contributed by atoms with van der Waals surface area (Å²) in [5, 5.41) is 13.3. The van der Waals surface area contributed by atoms with Crippen LogP contribution in [-0.4, -0.2) is 23.5 Å². The minimum atomic E-state index is -0.662. The number of aromatic amines is 1. The predicted octanol–water partition coefficient (Wildman–Crippen LogP) is 3.24. The van der Waals surface area contributed by atoms with Crippen LogP contribution in [0.2, 0.25) is 0 Å². The molecule has 0 aliphatic heterocycles. The van der Waals surface area contributed by atoms with Crippen LogP contribution in [-0.2, 0) is 11.3 Å². The van der Waals surface area contributed by atoms with Gasteiger partial charge < -0.3 is 20.8 Å². The number of nitriles is 1. The van der Waals surface area contributed by atoms with Gasteiger partial charge in [-0.3, -0.25) is 4.79 Å². The van der Waals surface area contributed by atoms with Gasteiger partial charge in [0.1, 0.15) is 17.5 Å². The zero-order valence-electron chi connectivity index (χ0n) is 15.4. The molecule has 1 aliphatic rings. The minimum absolute atomic E-state index is 0. The maximum atomic E-state index is 12.0. The summed E-state index contributed by atoms with van der Waals surface area (Å²) in [6, 6.07) is 15.7. The smallest absolute Gasteiger partial charge is 0.240 e. The Morgan fingerprint density at radius 3 is 2.61 bits per heavy atom. The molecule has 7 heteroatoms. The molecule has 1 amide bonds. The van der Waals surface area contributed by atoms with Crippen molar-refractivity contribution in [1.29, 1.82) is 5.26 Å². The van der Waals surface area contributed by atoms with Gasteiger partial charge in [-0.25, -0.2) is 0 Å². The first-order valence-electron chi connectivity index (χ1n) is 8.80. The lowest BCUT2D eigenvalue weighted by atomic mass is 10.0. The topological polar surface area (TPSA) is 104 Å². The lowest BCUT2D eigenvalue weighted by Gasteiger charge is -2.10. The van der Waals surface area contributed by atoms with Crippen LogP contribution in [0.25, 0.3) is 22.0 Å². The number of hydrogen-bond donors (Lipinski definition) is 3. The van der Waals surface area contributed by atoms with Crippen molar-refractivity contribution < 1.29 is 9.53 Å². The molecule has 1 aromatic heterocycles. The third-order valence-corrected chi connectivity index (χ3v) is 5.05. The molecule has 1 saturated carbocycles. The molecule has 4 N–H and O–H groups in total. The lowest BCUT2D eigenvalue weighted by Crippen LogP contribution is -2.42. The summed E-state index contributed by atoms with van der Waals surface area (Å²) in [4.78, 5) is 15.1. The fraction of sp³-hybridized carbons (Fsp3) is 0.238. The van der Waals surface area contributed by atoms with E-state index in [1.165, 1.54) is 0 Å². The number of hydrogen-bond acceptors (Lipinski definition) is 4. The molecule has 0 radical (unpaired) electrons. The van der Waals surface area contributed by atoms with Gasteiger partial charge in [-0.15, -0.1) is 12.4 Å². The van der Waals surface area contributed by atoms with E-state index in [9.17, 15) is 10.1 Å². The Bertz CT molecular complexity index is 1060. The van der Waals surface area contributed by atoms with Gasteiger partial charge in [0.05, 0.1) is 12.6 Å². The van der Waals surface area contributed by atoms with Gasteiger partial charge in [-0.1, -0.05) is 24.3 Å². The monoisotopic (exact) mass is 396 g/mol. The van der Waals surface area contributed by atoms with Gasteiger partial charge in [0.25, 0.3) is 0 Å². The second kappa shape index (κ2) is 7.55. The van der Waals surface area contributed by atoms with Crippen LogP contribution in [0, 0.1) is 11.3 Å². The third kappa shape index (κ3) is 3.55. The Morgan fingerprint density at radius 1 is 1.29 bits per heavy atom. The van der Waals surface area contributed by atoms with Gasteiger partial charge in [0, 0.05) is 23.0 Å². The molecule has 144 valence electrons. The van der Waals surface area contributed by atoms with Crippen molar-refractivity contribution in [1.82, 2.24) is 10.3 Å². The molecular formula is C21H21ClN4O2. The van der Waals surface area contributed by atoms with Crippen molar-refractivity contribution >= 4 is 29.2 Å². The maximum Gasteiger partial charge on any atom is 0.240 e. The fourth-order valence-corrected chi connectivity index (χ4v) is 3.19. The number of aromatic nitrogens is 1. The van der Waals surface area contributed by atoms with Crippen LogP contribution in [0.1, 0.15) is 24.1 Å². The molecule has 3 aromatic rings. The zero-order valence-corrected chi connectivity index (χ0v) is 16.2. The van der Waals surface area contributed by atoms with Gasteiger partial charge in [0.15, 0.2) is 0 Å². The van der Waals surface area contributed by atoms with E-state index in [0.717, 1.165) is 46.2 Å². The summed E-state index contributed by atoms with van der Waals surface area (Å²) in [5.74, 6) is 0.643. The quantitative estimate of drug-likeness (QED) is 0.615. The summed E-state index contributed by atoms with van der Waals surface area (Å²) in [7, 11) is 1.62. The molecule has 0 atom stereocenters. The maximum absolute atomic E-state index is 12.0. The number of methoxy groups -OCH3 is 1. The highest BCUT2D eigenvalue weighted by Crippen LogP contribution is 2.35. The molecule has 4 rings (SSSR count). The summed E-state index contributed by atoms with van der Waals surface area (Å²) in [5.41, 5.74) is 9.39. The number of benzene rings is 2. The summed E-state index contributed by atoms with van der Waals surface area (Å²) < 4.78 is 5.31. The van der Waals surface area contributed by atoms with Crippen LogP contribution < -0.4 is 15.8 Å². The zero-order chi connectivity index (χ0) is 19.0. The number of halogens is 1. The van der Waals surface area contributed by atoms with E-state index in [0.29, 0.717) is 12.2 Å². The molecule has 0 saturated heterocycles. The average Bonchev–Trinajstić information content (AvgIpc) is 3.35. The van der Waals surface area contributed by atoms with Crippen molar-refractivity contribution in [3.8, 4) is 22.9 Å². The van der Waals surface area contributed by atoms with E-state index in [1.54, 1.807) is 7.11 Å². The molecular weight excluding hydrogens is 376 g/mol. The second-order valence-corrected chi connectivity index (χ2v) is 6.93. The van der Waals surface area contributed by atoms with Crippen LogP contribution in [0.5, 0.6) is 5.75 Å². The molecule has 28 heavy (non-hydrogen) atoms. The number of nitrogens with two attached hydrogens (primary N) is 1. The molecule has 0 bridgehead atoms.